The minimum absolute atomic E-state index is 0.0286. The zero-order chi connectivity index (χ0) is 11.8. The Bertz CT molecular complexity index is 549. The Hall–Kier alpha value is -1.76. The third-order valence-corrected chi connectivity index (χ3v) is 3.39. The molecule has 0 spiro atoms. The van der Waals surface area contributed by atoms with Crippen LogP contribution < -0.4 is 5.01 Å². The lowest BCUT2D eigenvalue weighted by Gasteiger charge is -2.27. The number of carbonyl (C=O) groups excluding carboxylic acids is 1. The van der Waals surface area contributed by atoms with Gasteiger partial charge in [0.25, 0.3) is 0 Å². The van der Waals surface area contributed by atoms with Gasteiger partial charge in [-0.25, -0.2) is 9.69 Å². The van der Waals surface area contributed by atoms with Crippen LogP contribution in [-0.4, -0.2) is 33.1 Å². The summed E-state index contributed by atoms with van der Waals surface area (Å²) in [7, 11) is 0. The monoisotopic (exact) mass is 250 g/mol. The van der Waals surface area contributed by atoms with Crippen LogP contribution in [-0.2, 0) is 4.79 Å². The van der Waals surface area contributed by atoms with Crippen LogP contribution in [0.3, 0.4) is 0 Å². The molecule has 0 aromatic carbocycles. The molecule has 3 rings (SSSR count). The van der Waals surface area contributed by atoms with Crippen molar-refractivity contribution in [3.63, 3.8) is 0 Å². The first-order valence-corrected chi connectivity index (χ1v) is 6.16. The van der Waals surface area contributed by atoms with Crippen LogP contribution in [0.2, 0.25) is 0 Å². The molecular weight excluding hydrogens is 240 g/mol. The van der Waals surface area contributed by atoms with E-state index in [1.54, 1.807) is 39.8 Å². The van der Waals surface area contributed by atoms with Gasteiger partial charge in [-0.2, -0.15) is 0 Å². The molecule has 1 aliphatic heterocycles. The molecule has 0 radical (unpaired) electrons. The number of hydrogen-bond acceptors (Lipinski definition) is 5. The maximum Gasteiger partial charge on any atom is 0.238 e. The van der Waals surface area contributed by atoms with Crippen molar-refractivity contribution >= 4 is 17.7 Å². The second kappa shape index (κ2) is 3.92. The summed E-state index contributed by atoms with van der Waals surface area (Å²) in [5.41, 5.74) is 0. The highest BCUT2D eigenvalue weighted by atomic mass is 32.2. The topological polar surface area (TPSA) is 64.2 Å². The molecule has 7 heteroatoms. The van der Waals surface area contributed by atoms with E-state index < -0.39 is 0 Å². The molecule has 3 heterocycles. The fourth-order valence-electron chi connectivity index (χ4n) is 1.75. The van der Waals surface area contributed by atoms with Crippen molar-refractivity contribution in [2.24, 2.45) is 0 Å². The minimum Gasteiger partial charge on any atom is -0.461 e. The van der Waals surface area contributed by atoms with Crippen LogP contribution in [0.1, 0.15) is 6.92 Å². The van der Waals surface area contributed by atoms with Crippen molar-refractivity contribution in [3.8, 4) is 11.6 Å². The van der Waals surface area contributed by atoms with Gasteiger partial charge in [0.05, 0.1) is 12.8 Å². The number of fused-ring (bicyclic) bond motifs is 1. The van der Waals surface area contributed by atoms with Crippen LogP contribution in [0.4, 0.5) is 0 Å². The van der Waals surface area contributed by atoms with Gasteiger partial charge < -0.3 is 4.42 Å². The number of carbonyl (C=O) groups is 1. The maximum absolute atomic E-state index is 11.6. The molecule has 2 aromatic heterocycles. The van der Waals surface area contributed by atoms with Gasteiger partial charge in [-0.15, -0.1) is 10.2 Å². The molecule has 0 fully saturated rings. The molecule has 88 valence electrons. The van der Waals surface area contributed by atoms with Gasteiger partial charge in [-0.05, 0) is 12.1 Å². The SMILES string of the molecule is CC(=O)N1CCSc2nnc(-c3ccco3)n21. The maximum atomic E-state index is 11.6. The van der Waals surface area contributed by atoms with E-state index in [0.717, 1.165) is 10.9 Å². The Morgan fingerprint density at radius 2 is 2.41 bits per heavy atom. The third-order valence-electron chi connectivity index (χ3n) is 2.49. The summed E-state index contributed by atoms with van der Waals surface area (Å²) in [5.74, 6) is 1.97. The summed E-state index contributed by atoms with van der Waals surface area (Å²) >= 11 is 1.58. The summed E-state index contributed by atoms with van der Waals surface area (Å²) in [6, 6.07) is 3.58. The Balaban J connectivity index is 2.14. The molecule has 2 aromatic rings. The Labute approximate surface area is 102 Å². The predicted molar refractivity (Wildman–Crippen MR) is 62.2 cm³/mol. The highest BCUT2D eigenvalue weighted by molar-refractivity contribution is 7.99. The smallest absolute Gasteiger partial charge is 0.238 e. The van der Waals surface area contributed by atoms with E-state index in [1.165, 1.54) is 6.92 Å². The van der Waals surface area contributed by atoms with Crippen LogP contribution in [0.15, 0.2) is 28.0 Å². The second-order valence-electron chi connectivity index (χ2n) is 3.59. The quantitative estimate of drug-likeness (QED) is 0.759. The number of hydrogen-bond donors (Lipinski definition) is 0. The van der Waals surface area contributed by atoms with Gasteiger partial charge in [-0.1, -0.05) is 11.8 Å². The highest BCUT2D eigenvalue weighted by Gasteiger charge is 2.26. The molecule has 0 unspecified atom stereocenters. The Kier molecular flexibility index (Phi) is 2.40. The van der Waals surface area contributed by atoms with Crippen LogP contribution in [0.25, 0.3) is 11.6 Å². The molecule has 1 aliphatic rings. The van der Waals surface area contributed by atoms with E-state index in [2.05, 4.69) is 10.2 Å². The number of rotatable bonds is 1. The van der Waals surface area contributed by atoms with Crippen LogP contribution >= 0.6 is 11.8 Å². The summed E-state index contributed by atoms with van der Waals surface area (Å²) in [5, 5.41) is 10.5. The highest BCUT2D eigenvalue weighted by Crippen LogP contribution is 2.27. The number of aromatic nitrogens is 3. The first-order chi connectivity index (χ1) is 8.27. The molecule has 0 saturated carbocycles. The van der Waals surface area contributed by atoms with Crippen molar-refractivity contribution in [2.75, 3.05) is 17.3 Å². The van der Waals surface area contributed by atoms with Gasteiger partial charge in [0.2, 0.25) is 16.9 Å². The van der Waals surface area contributed by atoms with Gasteiger partial charge in [0, 0.05) is 12.7 Å². The third kappa shape index (κ3) is 1.62. The number of amides is 1. The summed E-state index contributed by atoms with van der Waals surface area (Å²) in [6.07, 6.45) is 1.57. The van der Waals surface area contributed by atoms with Crippen molar-refractivity contribution in [3.05, 3.63) is 18.4 Å². The largest absolute Gasteiger partial charge is 0.461 e. The van der Waals surface area contributed by atoms with Crippen molar-refractivity contribution < 1.29 is 9.21 Å². The van der Waals surface area contributed by atoms with E-state index in [9.17, 15) is 4.79 Å². The number of furan rings is 1. The lowest BCUT2D eigenvalue weighted by Crippen LogP contribution is -2.43. The zero-order valence-electron chi connectivity index (χ0n) is 9.16. The van der Waals surface area contributed by atoms with Crippen molar-refractivity contribution in [1.29, 1.82) is 0 Å². The lowest BCUT2D eigenvalue weighted by atomic mass is 10.4. The fraction of sp³-hybridized carbons (Fsp3) is 0.300. The minimum atomic E-state index is -0.0286. The molecule has 1 amide bonds. The number of nitrogens with zero attached hydrogens (tertiary/aromatic N) is 4. The Morgan fingerprint density at radius 1 is 1.53 bits per heavy atom. The van der Waals surface area contributed by atoms with E-state index >= 15 is 0 Å². The fourth-order valence-corrected chi connectivity index (χ4v) is 2.61. The second-order valence-corrected chi connectivity index (χ2v) is 4.65. The lowest BCUT2D eigenvalue weighted by molar-refractivity contribution is -0.118. The molecule has 0 aliphatic carbocycles. The Morgan fingerprint density at radius 3 is 3.12 bits per heavy atom. The van der Waals surface area contributed by atoms with Gasteiger partial charge >= 0.3 is 0 Å². The number of thioether (sulfide) groups is 1. The average Bonchev–Trinajstić information content (AvgIpc) is 2.96. The van der Waals surface area contributed by atoms with Crippen molar-refractivity contribution in [2.45, 2.75) is 12.1 Å². The predicted octanol–water partition coefficient (Wildman–Crippen LogP) is 1.13. The first kappa shape index (κ1) is 10.4. The standard InChI is InChI=1S/C10H10N4O2S/c1-7(15)13-4-6-17-10-12-11-9(14(10)13)8-3-2-5-16-8/h2-3,5H,4,6H2,1H3. The van der Waals surface area contributed by atoms with E-state index in [1.807, 2.05) is 0 Å². The van der Waals surface area contributed by atoms with Gasteiger partial charge in [0.15, 0.2) is 5.76 Å². The zero-order valence-corrected chi connectivity index (χ0v) is 9.98. The van der Waals surface area contributed by atoms with E-state index in [4.69, 9.17) is 4.42 Å². The van der Waals surface area contributed by atoms with Crippen molar-refractivity contribution in [1.82, 2.24) is 14.9 Å². The summed E-state index contributed by atoms with van der Waals surface area (Å²) in [6.45, 7) is 2.18. The average molecular weight is 250 g/mol. The van der Waals surface area contributed by atoms with Crippen LogP contribution in [0, 0.1) is 0 Å². The van der Waals surface area contributed by atoms with Gasteiger partial charge in [-0.3, -0.25) is 4.79 Å². The molecule has 0 bridgehead atoms. The van der Waals surface area contributed by atoms with E-state index in [0.29, 0.717) is 18.1 Å². The normalized spacial score (nSPS) is 14.8. The van der Waals surface area contributed by atoms with Gasteiger partial charge in [0.1, 0.15) is 0 Å². The summed E-state index contributed by atoms with van der Waals surface area (Å²) in [4.78, 5) is 11.6. The molecule has 17 heavy (non-hydrogen) atoms. The molecule has 6 nitrogen and oxygen atoms in total. The first-order valence-electron chi connectivity index (χ1n) is 5.18. The summed E-state index contributed by atoms with van der Waals surface area (Å²) < 4.78 is 7.02. The molecule has 0 atom stereocenters. The molecule has 0 saturated heterocycles. The molecular formula is C10H10N4O2S. The van der Waals surface area contributed by atoms with E-state index in [-0.39, 0.29) is 5.91 Å². The van der Waals surface area contributed by atoms with Crippen LogP contribution in [0.5, 0.6) is 0 Å². The molecule has 0 N–H and O–H groups in total.